The smallest absolute Gasteiger partial charge is 0.244 e. The zero-order valence-electron chi connectivity index (χ0n) is 13.5. The Morgan fingerprint density at radius 1 is 1.32 bits per heavy atom. The average Bonchev–Trinajstić information content (AvgIpc) is 3.12. The summed E-state index contributed by atoms with van der Waals surface area (Å²) < 4.78 is 32.1. The van der Waals surface area contributed by atoms with Gasteiger partial charge >= 0.3 is 0 Å². The van der Waals surface area contributed by atoms with E-state index in [2.05, 4.69) is 10.6 Å². The van der Waals surface area contributed by atoms with E-state index in [9.17, 15) is 13.2 Å². The lowest BCUT2D eigenvalue weighted by molar-refractivity contribution is -0.120. The van der Waals surface area contributed by atoms with Crippen molar-refractivity contribution < 1.29 is 17.9 Å². The Morgan fingerprint density at radius 3 is 2.68 bits per heavy atom. The summed E-state index contributed by atoms with van der Waals surface area (Å²) in [5, 5.41) is 5.92. The molecule has 2 N–H and O–H groups in total. The lowest BCUT2D eigenvalue weighted by Gasteiger charge is -2.23. The van der Waals surface area contributed by atoms with Crippen molar-refractivity contribution in [3.05, 3.63) is 23.2 Å². The lowest BCUT2D eigenvalue weighted by atomic mass is 10.2. The van der Waals surface area contributed by atoms with Gasteiger partial charge in [0.15, 0.2) is 0 Å². The van der Waals surface area contributed by atoms with Gasteiger partial charge in [-0.2, -0.15) is 4.31 Å². The first kappa shape index (κ1) is 20.4. The van der Waals surface area contributed by atoms with Crippen LogP contribution in [0.5, 0.6) is 0 Å². The van der Waals surface area contributed by atoms with Crippen LogP contribution in [0, 0.1) is 0 Å². The minimum absolute atomic E-state index is 0. The number of sulfonamides is 1. The van der Waals surface area contributed by atoms with Crippen molar-refractivity contribution in [3.63, 3.8) is 0 Å². The molecule has 3 rings (SSSR count). The maximum atomic E-state index is 12.7. The van der Waals surface area contributed by atoms with Gasteiger partial charge in [0.05, 0.1) is 18.2 Å². The number of nitrogens with one attached hydrogen (secondary N) is 2. The molecule has 1 aromatic rings. The van der Waals surface area contributed by atoms with E-state index >= 15 is 0 Å². The van der Waals surface area contributed by atoms with E-state index in [-0.39, 0.29) is 28.2 Å². The normalized spacial score (nSPS) is 21.6. The molecule has 0 aliphatic carbocycles. The highest BCUT2D eigenvalue weighted by Crippen LogP contribution is 2.29. The fourth-order valence-corrected chi connectivity index (χ4v) is 4.83. The molecule has 7 nitrogen and oxygen atoms in total. The molecule has 1 amide bonds. The van der Waals surface area contributed by atoms with E-state index < -0.39 is 16.1 Å². The number of carbonyl (C=O) groups is 1. The Kier molecular flexibility index (Phi) is 7.07. The molecular weight excluding hydrogens is 389 g/mol. The lowest BCUT2D eigenvalue weighted by Crippen LogP contribution is -2.48. The van der Waals surface area contributed by atoms with E-state index in [4.69, 9.17) is 16.3 Å². The van der Waals surface area contributed by atoms with Gasteiger partial charge < -0.3 is 15.4 Å². The predicted octanol–water partition coefficient (Wildman–Crippen LogP) is 1.47. The number of ether oxygens (including phenoxy) is 1. The van der Waals surface area contributed by atoms with Gasteiger partial charge in [0.1, 0.15) is 10.9 Å². The zero-order chi connectivity index (χ0) is 17.2. The Bertz CT molecular complexity index is 717. The maximum absolute atomic E-state index is 12.7. The van der Waals surface area contributed by atoms with Gasteiger partial charge in [0.25, 0.3) is 0 Å². The second-order valence-corrected chi connectivity index (χ2v) is 8.14. The molecular formula is C15H21Cl2N3O4S. The molecule has 25 heavy (non-hydrogen) atoms. The number of hydrogen-bond acceptors (Lipinski definition) is 5. The average molecular weight is 410 g/mol. The fraction of sp³-hybridized carbons (Fsp3) is 0.533. The summed E-state index contributed by atoms with van der Waals surface area (Å²) in [4.78, 5) is 12.2. The predicted molar refractivity (Wildman–Crippen MR) is 97.9 cm³/mol. The van der Waals surface area contributed by atoms with Gasteiger partial charge in [-0.05, 0) is 31.0 Å². The highest BCUT2D eigenvalue weighted by molar-refractivity contribution is 7.89. The highest BCUT2D eigenvalue weighted by atomic mass is 35.5. The third-order valence-electron chi connectivity index (χ3n) is 4.12. The Balaban J connectivity index is 0.00000225. The van der Waals surface area contributed by atoms with Crippen molar-refractivity contribution in [3.8, 4) is 0 Å². The summed E-state index contributed by atoms with van der Waals surface area (Å²) in [6.07, 6.45) is 1.70. The van der Waals surface area contributed by atoms with E-state index in [0.717, 1.165) is 12.8 Å². The molecule has 0 spiro atoms. The largest absolute Gasteiger partial charge is 0.378 e. The standard InChI is InChI=1S/C15H20ClN3O4S.ClH/c16-12-4-3-11(18-15(20)13-10-23-8-5-17-13)9-14(12)24(21,22)19-6-1-2-7-19;/h3-4,9,13,17H,1-2,5-8,10H2,(H,18,20);1H. The highest BCUT2D eigenvalue weighted by Gasteiger charge is 2.29. The Labute approximate surface area is 158 Å². The molecule has 1 aromatic carbocycles. The number of carbonyl (C=O) groups excluding carboxylic acids is 1. The number of anilines is 1. The number of benzene rings is 1. The van der Waals surface area contributed by atoms with Crippen LogP contribution in [0.25, 0.3) is 0 Å². The quantitative estimate of drug-likeness (QED) is 0.785. The summed E-state index contributed by atoms with van der Waals surface area (Å²) in [5.74, 6) is -0.262. The summed E-state index contributed by atoms with van der Waals surface area (Å²) in [5.41, 5.74) is 0.398. The van der Waals surface area contributed by atoms with Crippen LogP contribution in [-0.2, 0) is 19.6 Å². The number of halogens is 2. The number of nitrogens with zero attached hydrogens (tertiary/aromatic N) is 1. The van der Waals surface area contributed by atoms with Crippen molar-refractivity contribution in [2.45, 2.75) is 23.8 Å². The van der Waals surface area contributed by atoms with E-state index in [1.165, 1.54) is 16.4 Å². The molecule has 0 radical (unpaired) electrons. The molecule has 0 aromatic heterocycles. The molecule has 140 valence electrons. The molecule has 0 saturated carbocycles. The van der Waals surface area contributed by atoms with Crippen molar-refractivity contribution in [2.75, 3.05) is 38.2 Å². The summed E-state index contributed by atoms with van der Waals surface area (Å²) in [6.45, 7) is 2.46. The van der Waals surface area contributed by atoms with Gasteiger partial charge in [-0.1, -0.05) is 11.6 Å². The first-order chi connectivity index (χ1) is 11.5. The zero-order valence-corrected chi connectivity index (χ0v) is 15.9. The van der Waals surface area contributed by atoms with E-state index in [1.807, 2.05) is 0 Å². The summed E-state index contributed by atoms with van der Waals surface area (Å²) in [7, 11) is -3.64. The van der Waals surface area contributed by atoms with Crippen molar-refractivity contribution in [2.24, 2.45) is 0 Å². The summed E-state index contributed by atoms with van der Waals surface area (Å²) >= 11 is 6.09. The van der Waals surface area contributed by atoms with Crippen molar-refractivity contribution >= 4 is 45.6 Å². The van der Waals surface area contributed by atoms with Crippen LogP contribution < -0.4 is 10.6 Å². The van der Waals surface area contributed by atoms with Gasteiger partial charge in [-0.15, -0.1) is 12.4 Å². The van der Waals surface area contributed by atoms with Gasteiger partial charge in [-0.3, -0.25) is 4.79 Å². The molecule has 1 atom stereocenters. The van der Waals surface area contributed by atoms with Crippen molar-refractivity contribution in [1.82, 2.24) is 9.62 Å². The molecule has 2 fully saturated rings. The maximum Gasteiger partial charge on any atom is 0.244 e. The molecule has 10 heteroatoms. The number of amides is 1. The molecule has 1 unspecified atom stereocenters. The van der Waals surface area contributed by atoms with E-state index in [1.54, 1.807) is 6.07 Å². The summed E-state index contributed by atoms with van der Waals surface area (Å²) in [6, 6.07) is 4.04. The molecule has 2 heterocycles. The minimum Gasteiger partial charge on any atom is -0.378 e. The van der Waals surface area contributed by atoms with Crippen LogP contribution >= 0.6 is 24.0 Å². The topological polar surface area (TPSA) is 87.7 Å². The Hall–Kier alpha value is -0.900. The van der Waals surface area contributed by atoms with Crippen LogP contribution in [0.3, 0.4) is 0 Å². The van der Waals surface area contributed by atoms with E-state index in [0.29, 0.717) is 38.5 Å². The minimum atomic E-state index is -3.64. The first-order valence-electron chi connectivity index (χ1n) is 7.90. The molecule has 2 aliphatic heterocycles. The second kappa shape index (κ2) is 8.66. The van der Waals surface area contributed by atoms with Crippen molar-refractivity contribution in [1.29, 1.82) is 0 Å². The fourth-order valence-electron chi connectivity index (χ4n) is 2.81. The first-order valence-corrected chi connectivity index (χ1v) is 9.72. The van der Waals surface area contributed by atoms with Gasteiger partial charge in [0.2, 0.25) is 15.9 Å². The number of hydrogen-bond donors (Lipinski definition) is 2. The number of rotatable bonds is 4. The number of morpholine rings is 1. The van der Waals surface area contributed by atoms with Crippen LogP contribution in [0.4, 0.5) is 5.69 Å². The molecule has 2 saturated heterocycles. The third-order valence-corrected chi connectivity index (χ3v) is 6.50. The van der Waals surface area contributed by atoms with Crippen LogP contribution in [0.15, 0.2) is 23.1 Å². The molecule has 0 bridgehead atoms. The SMILES string of the molecule is Cl.O=C(Nc1ccc(Cl)c(S(=O)(=O)N2CCCC2)c1)C1COCCN1. The third kappa shape index (κ3) is 4.64. The monoisotopic (exact) mass is 409 g/mol. The van der Waals surface area contributed by atoms with Gasteiger partial charge in [0, 0.05) is 25.3 Å². The van der Waals surface area contributed by atoms with Crippen LogP contribution in [0.2, 0.25) is 5.02 Å². The molecule has 2 aliphatic rings. The van der Waals surface area contributed by atoms with Crippen LogP contribution in [-0.4, -0.2) is 57.5 Å². The van der Waals surface area contributed by atoms with Gasteiger partial charge in [-0.25, -0.2) is 8.42 Å². The van der Waals surface area contributed by atoms with Crippen LogP contribution in [0.1, 0.15) is 12.8 Å². The Morgan fingerprint density at radius 2 is 2.04 bits per heavy atom. The second-order valence-electron chi connectivity index (χ2n) is 5.83.